The molecule has 5 heteroatoms. The van der Waals surface area contributed by atoms with Gasteiger partial charge in [-0.05, 0) is 85.6 Å². The fraction of sp³-hybridized carbons (Fsp3) is 0.240. The van der Waals surface area contributed by atoms with Crippen LogP contribution >= 0.6 is 0 Å². The molecule has 3 aromatic carbocycles. The number of carbonyl (C=O) groups excluding carboxylic acids is 1. The highest BCUT2D eigenvalue weighted by atomic mass is 16.5. The summed E-state index contributed by atoms with van der Waals surface area (Å²) < 4.78 is 6.07. The average Bonchev–Trinajstić information content (AvgIpc) is 2.76. The monoisotopic (exact) mass is 403 g/mol. The lowest BCUT2D eigenvalue weighted by Gasteiger charge is -2.29. The van der Waals surface area contributed by atoms with Crippen LogP contribution in [-0.4, -0.2) is 47.1 Å². The van der Waals surface area contributed by atoms with Crippen molar-refractivity contribution in [3.63, 3.8) is 0 Å². The molecule has 0 atom stereocenters. The quantitative estimate of drug-likeness (QED) is 0.615. The zero-order valence-corrected chi connectivity index (χ0v) is 16.9. The molecular formula is C25H25NO4. The number of nitrogens with zero attached hydrogens (tertiary/aromatic N) is 1. The number of hydrogen-bond acceptors (Lipinski definition) is 5. The Morgan fingerprint density at radius 1 is 0.900 bits per heavy atom. The first-order chi connectivity index (χ1) is 14.5. The second kappa shape index (κ2) is 8.59. The van der Waals surface area contributed by atoms with Gasteiger partial charge < -0.3 is 19.8 Å². The number of hydrogen-bond donors (Lipinski definition) is 2. The first kappa shape index (κ1) is 20.0. The van der Waals surface area contributed by atoms with Crippen LogP contribution < -0.4 is 4.74 Å². The average molecular weight is 403 g/mol. The number of rotatable bonds is 5. The van der Waals surface area contributed by atoms with Gasteiger partial charge >= 0.3 is 0 Å². The molecule has 0 amide bonds. The maximum Gasteiger partial charge on any atom is 0.193 e. The summed E-state index contributed by atoms with van der Waals surface area (Å²) in [6, 6.07) is 18.5. The van der Waals surface area contributed by atoms with Crippen LogP contribution in [0.3, 0.4) is 0 Å². The summed E-state index contributed by atoms with van der Waals surface area (Å²) in [4.78, 5) is 15.5. The normalized spacial score (nSPS) is 15.1. The van der Waals surface area contributed by atoms with Gasteiger partial charge in [0, 0.05) is 24.2 Å². The zero-order valence-electron chi connectivity index (χ0n) is 16.9. The molecule has 1 fully saturated rings. The predicted molar refractivity (Wildman–Crippen MR) is 116 cm³/mol. The van der Waals surface area contributed by atoms with Crippen LogP contribution in [0.25, 0.3) is 11.1 Å². The maximum absolute atomic E-state index is 13.2. The third-order valence-corrected chi connectivity index (χ3v) is 5.51. The lowest BCUT2D eigenvalue weighted by molar-refractivity contribution is 0.103. The van der Waals surface area contributed by atoms with E-state index in [0.717, 1.165) is 37.2 Å². The van der Waals surface area contributed by atoms with Crippen molar-refractivity contribution in [3.8, 4) is 28.4 Å². The molecule has 154 valence electrons. The first-order valence-corrected chi connectivity index (χ1v) is 10.1. The van der Waals surface area contributed by atoms with Crippen molar-refractivity contribution in [2.75, 3.05) is 20.1 Å². The SMILES string of the molecule is CN1CCC(Oc2ccc(C(=O)c3ccc(O)cc3-c3ccc(O)cc3)cc2)CC1. The van der Waals surface area contributed by atoms with Crippen LogP contribution in [0.1, 0.15) is 28.8 Å². The Kier molecular flexibility index (Phi) is 5.72. The number of benzene rings is 3. The first-order valence-electron chi connectivity index (χ1n) is 10.1. The molecule has 0 bridgehead atoms. The molecule has 1 heterocycles. The largest absolute Gasteiger partial charge is 0.508 e. The Morgan fingerprint density at radius 3 is 2.20 bits per heavy atom. The Bertz CT molecular complexity index is 1020. The molecule has 0 saturated carbocycles. The van der Waals surface area contributed by atoms with Gasteiger partial charge in [0.1, 0.15) is 23.4 Å². The van der Waals surface area contributed by atoms with Gasteiger partial charge in [0.15, 0.2) is 5.78 Å². The second-order valence-electron chi connectivity index (χ2n) is 7.75. The summed E-state index contributed by atoms with van der Waals surface area (Å²) in [7, 11) is 2.12. The second-order valence-corrected chi connectivity index (χ2v) is 7.75. The number of ketones is 1. The van der Waals surface area contributed by atoms with E-state index >= 15 is 0 Å². The summed E-state index contributed by atoms with van der Waals surface area (Å²) in [5.41, 5.74) is 2.40. The Balaban J connectivity index is 1.55. The van der Waals surface area contributed by atoms with E-state index in [2.05, 4.69) is 11.9 Å². The molecule has 5 nitrogen and oxygen atoms in total. The summed E-state index contributed by atoms with van der Waals surface area (Å²) in [5.74, 6) is 0.859. The summed E-state index contributed by atoms with van der Waals surface area (Å²) in [6.07, 6.45) is 2.21. The molecule has 0 radical (unpaired) electrons. The minimum atomic E-state index is -0.135. The van der Waals surface area contributed by atoms with E-state index in [0.29, 0.717) is 16.7 Å². The van der Waals surface area contributed by atoms with Crippen molar-refractivity contribution in [3.05, 3.63) is 77.9 Å². The van der Waals surface area contributed by atoms with Gasteiger partial charge in [-0.1, -0.05) is 12.1 Å². The van der Waals surface area contributed by atoms with E-state index in [1.807, 2.05) is 12.1 Å². The van der Waals surface area contributed by atoms with Gasteiger partial charge in [0.25, 0.3) is 0 Å². The molecule has 4 rings (SSSR count). The zero-order chi connectivity index (χ0) is 21.1. The minimum Gasteiger partial charge on any atom is -0.508 e. The van der Waals surface area contributed by atoms with Crippen LogP contribution in [0, 0.1) is 0 Å². The van der Waals surface area contributed by atoms with Crippen molar-refractivity contribution >= 4 is 5.78 Å². The highest BCUT2D eigenvalue weighted by Crippen LogP contribution is 2.31. The van der Waals surface area contributed by atoms with Gasteiger partial charge in [-0.25, -0.2) is 0 Å². The molecule has 2 N–H and O–H groups in total. The lowest BCUT2D eigenvalue weighted by atomic mass is 9.93. The van der Waals surface area contributed by atoms with Crippen LogP contribution in [0.4, 0.5) is 0 Å². The van der Waals surface area contributed by atoms with E-state index in [9.17, 15) is 15.0 Å². The number of likely N-dealkylation sites (tertiary alicyclic amines) is 1. The van der Waals surface area contributed by atoms with E-state index in [1.54, 1.807) is 48.5 Å². The van der Waals surface area contributed by atoms with E-state index < -0.39 is 0 Å². The van der Waals surface area contributed by atoms with Gasteiger partial charge in [-0.3, -0.25) is 4.79 Å². The van der Waals surface area contributed by atoms with Crippen molar-refractivity contribution in [2.45, 2.75) is 18.9 Å². The van der Waals surface area contributed by atoms with Crippen LogP contribution in [-0.2, 0) is 0 Å². The molecule has 0 spiro atoms. The number of carbonyl (C=O) groups is 1. The Morgan fingerprint density at radius 2 is 1.53 bits per heavy atom. The number of piperidine rings is 1. The molecule has 0 unspecified atom stereocenters. The number of aromatic hydroxyl groups is 2. The summed E-state index contributed by atoms with van der Waals surface area (Å²) in [6.45, 7) is 2.06. The van der Waals surface area contributed by atoms with Crippen molar-refractivity contribution in [1.29, 1.82) is 0 Å². The molecule has 0 aliphatic carbocycles. The van der Waals surface area contributed by atoms with Crippen molar-refractivity contribution < 1.29 is 19.7 Å². The van der Waals surface area contributed by atoms with E-state index in [-0.39, 0.29) is 23.4 Å². The molecule has 0 aromatic heterocycles. The highest BCUT2D eigenvalue weighted by molar-refractivity contribution is 6.13. The fourth-order valence-electron chi connectivity index (χ4n) is 3.75. The van der Waals surface area contributed by atoms with Gasteiger partial charge in [-0.2, -0.15) is 0 Å². The smallest absolute Gasteiger partial charge is 0.193 e. The van der Waals surface area contributed by atoms with Crippen molar-refractivity contribution in [2.24, 2.45) is 0 Å². The van der Waals surface area contributed by atoms with Crippen molar-refractivity contribution in [1.82, 2.24) is 4.90 Å². The third kappa shape index (κ3) is 4.47. The van der Waals surface area contributed by atoms with Gasteiger partial charge in [-0.15, -0.1) is 0 Å². The molecule has 1 aliphatic rings. The topological polar surface area (TPSA) is 70.0 Å². The van der Waals surface area contributed by atoms with Crippen LogP contribution in [0.2, 0.25) is 0 Å². The molecular weight excluding hydrogens is 378 g/mol. The summed E-state index contributed by atoms with van der Waals surface area (Å²) >= 11 is 0. The highest BCUT2D eigenvalue weighted by Gasteiger charge is 2.19. The Labute approximate surface area is 176 Å². The molecule has 3 aromatic rings. The number of ether oxygens (including phenoxy) is 1. The van der Waals surface area contributed by atoms with Gasteiger partial charge in [0.05, 0.1) is 0 Å². The minimum absolute atomic E-state index is 0.0801. The standard InChI is InChI=1S/C25H25NO4/c1-26-14-12-22(13-15-26)30-21-9-4-18(5-10-21)25(29)23-11-8-20(28)16-24(23)17-2-6-19(27)7-3-17/h2-11,16,22,27-28H,12-15H2,1H3. The van der Waals surface area contributed by atoms with Crippen LogP contribution in [0.5, 0.6) is 17.2 Å². The van der Waals surface area contributed by atoms with E-state index in [1.165, 1.54) is 6.07 Å². The van der Waals surface area contributed by atoms with Crippen LogP contribution in [0.15, 0.2) is 66.7 Å². The summed E-state index contributed by atoms with van der Waals surface area (Å²) in [5, 5.41) is 19.5. The molecule has 1 aliphatic heterocycles. The molecule has 1 saturated heterocycles. The van der Waals surface area contributed by atoms with Gasteiger partial charge in [0.2, 0.25) is 0 Å². The predicted octanol–water partition coefficient (Wildman–Crippen LogP) is 4.47. The van der Waals surface area contributed by atoms with E-state index in [4.69, 9.17) is 4.74 Å². The fourth-order valence-corrected chi connectivity index (χ4v) is 3.75. The number of phenolic OH excluding ortho intramolecular Hbond substituents is 2. The maximum atomic E-state index is 13.2. The Hall–Kier alpha value is -3.31. The number of phenols is 2. The lowest BCUT2D eigenvalue weighted by Crippen LogP contribution is -2.35. The molecule has 30 heavy (non-hydrogen) atoms. The third-order valence-electron chi connectivity index (χ3n) is 5.51.